The maximum Gasteiger partial charge on any atom is 0.269 e. The maximum atomic E-state index is 13.3. The van der Waals surface area contributed by atoms with E-state index in [9.17, 15) is 22.8 Å². The van der Waals surface area contributed by atoms with Crippen molar-refractivity contribution in [3.05, 3.63) is 65.2 Å². The van der Waals surface area contributed by atoms with E-state index in [4.69, 9.17) is 0 Å². The lowest BCUT2D eigenvalue weighted by Gasteiger charge is -2.30. The Hall–Kier alpha value is -3.20. The lowest BCUT2D eigenvalue weighted by Crippen LogP contribution is -2.51. The van der Waals surface area contributed by atoms with Crippen LogP contribution in [0.2, 0.25) is 0 Å². The Morgan fingerprint density at radius 2 is 1.75 bits per heavy atom. The van der Waals surface area contributed by atoms with Gasteiger partial charge in [0.2, 0.25) is 11.8 Å². The number of nitrogens with zero attached hydrogens (tertiary/aromatic N) is 2. The average Bonchev–Trinajstić information content (AvgIpc) is 2.97. The molecular formula is C23H27N3O5S. The van der Waals surface area contributed by atoms with E-state index in [2.05, 4.69) is 5.32 Å². The molecule has 0 spiro atoms. The summed E-state index contributed by atoms with van der Waals surface area (Å²) in [6, 6.07) is 12.5. The minimum atomic E-state index is -4.13. The third-order valence-electron chi connectivity index (χ3n) is 5.38. The number of nitrogens with one attached hydrogen (secondary N) is 1. The summed E-state index contributed by atoms with van der Waals surface area (Å²) in [6.07, 6.45) is 0.739. The van der Waals surface area contributed by atoms with E-state index in [-0.39, 0.29) is 22.9 Å². The highest BCUT2D eigenvalue weighted by molar-refractivity contribution is 7.90. The molecule has 0 saturated heterocycles. The summed E-state index contributed by atoms with van der Waals surface area (Å²) in [5.74, 6) is -1.71. The second kappa shape index (κ2) is 9.52. The number of carbonyl (C=O) groups is 3. The zero-order chi connectivity index (χ0) is 23.5. The van der Waals surface area contributed by atoms with Crippen molar-refractivity contribution in [2.24, 2.45) is 0 Å². The number of sulfonamides is 1. The van der Waals surface area contributed by atoms with Crippen LogP contribution in [0.15, 0.2) is 53.4 Å². The van der Waals surface area contributed by atoms with Gasteiger partial charge in [-0.2, -0.15) is 0 Å². The molecule has 2 aromatic carbocycles. The molecule has 9 heteroatoms. The van der Waals surface area contributed by atoms with Crippen LogP contribution >= 0.6 is 0 Å². The lowest BCUT2D eigenvalue weighted by atomic mass is 10.1. The van der Waals surface area contributed by atoms with Gasteiger partial charge in [-0.05, 0) is 38.0 Å². The van der Waals surface area contributed by atoms with E-state index < -0.39 is 34.4 Å². The van der Waals surface area contributed by atoms with Crippen LogP contribution in [0.3, 0.4) is 0 Å². The fraction of sp³-hybridized carbons (Fsp3) is 0.348. The summed E-state index contributed by atoms with van der Waals surface area (Å²) >= 11 is 0. The van der Waals surface area contributed by atoms with Crippen molar-refractivity contribution < 1.29 is 22.8 Å². The second-order valence-electron chi connectivity index (χ2n) is 7.79. The van der Waals surface area contributed by atoms with E-state index in [0.29, 0.717) is 10.8 Å². The number of hydrogen-bond donors (Lipinski definition) is 1. The SMILES string of the molecule is CCCNC(=O)[C@@H](C)N(Cc1ccc(C)cc1)C(=O)CN1C(=O)c2ccccc2S1(=O)=O. The molecule has 1 aliphatic heterocycles. The van der Waals surface area contributed by atoms with Gasteiger partial charge in [0.05, 0.1) is 5.56 Å². The van der Waals surface area contributed by atoms with E-state index >= 15 is 0 Å². The number of aryl methyl sites for hydroxylation is 1. The van der Waals surface area contributed by atoms with Crippen molar-refractivity contribution in [3.8, 4) is 0 Å². The molecule has 1 heterocycles. The van der Waals surface area contributed by atoms with Crippen LogP contribution in [0.1, 0.15) is 41.8 Å². The summed E-state index contributed by atoms with van der Waals surface area (Å²) in [4.78, 5) is 39.8. The number of fused-ring (bicyclic) bond motifs is 1. The highest BCUT2D eigenvalue weighted by atomic mass is 32.2. The van der Waals surface area contributed by atoms with Gasteiger partial charge in [0.25, 0.3) is 15.9 Å². The third-order valence-corrected chi connectivity index (χ3v) is 7.17. The Morgan fingerprint density at radius 3 is 2.38 bits per heavy atom. The summed E-state index contributed by atoms with van der Waals surface area (Å²) in [5, 5.41) is 2.76. The van der Waals surface area contributed by atoms with Gasteiger partial charge in [0.1, 0.15) is 17.5 Å². The molecule has 3 amide bonds. The van der Waals surface area contributed by atoms with Crippen LogP contribution < -0.4 is 5.32 Å². The first-order chi connectivity index (χ1) is 15.2. The minimum Gasteiger partial charge on any atom is -0.354 e. The van der Waals surface area contributed by atoms with E-state index in [1.165, 1.54) is 23.1 Å². The minimum absolute atomic E-state index is 0.0409. The molecular weight excluding hydrogens is 430 g/mol. The predicted octanol–water partition coefficient (Wildman–Crippen LogP) is 2.08. The van der Waals surface area contributed by atoms with Gasteiger partial charge in [0.15, 0.2) is 0 Å². The molecule has 8 nitrogen and oxygen atoms in total. The fourth-order valence-electron chi connectivity index (χ4n) is 3.47. The van der Waals surface area contributed by atoms with Crippen LogP contribution in [0.25, 0.3) is 0 Å². The number of rotatable bonds is 8. The normalized spacial score (nSPS) is 15.2. The first kappa shape index (κ1) is 23.5. The van der Waals surface area contributed by atoms with E-state index in [1.54, 1.807) is 13.0 Å². The fourth-order valence-corrected chi connectivity index (χ4v) is 4.99. The van der Waals surface area contributed by atoms with Crippen molar-refractivity contribution in [1.82, 2.24) is 14.5 Å². The molecule has 0 aliphatic carbocycles. The Labute approximate surface area is 188 Å². The number of amides is 3. The highest BCUT2D eigenvalue weighted by Gasteiger charge is 2.43. The third kappa shape index (κ3) is 4.67. The van der Waals surface area contributed by atoms with Gasteiger partial charge in [-0.3, -0.25) is 14.4 Å². The Balaban J connectivity index is 1.87. The first-order valence-corrected chi connectivity index (χ1v) is 11.9. The Bertz CT molecular complexity index is 1130. The van der Waals surface area contributed by atoms with Gasteiger partial charge < -0.3 is 10.2 Å². The van der Waals surface area contributed by atoms with Gasteiger partial charge in [-0.15, -0.1) is 0 Å². The average molecular weight is 458 g/mol. The highest BCUT2D eigenvalue weighted by Crippen LogP contribution is 2.30. The van der Waals surface area contributed by atoms with Crippen LogP contribution in [0.5, 0.6) is 0 Å². The number of benzene rings is 2. The molecule has 3 rings (SSSR count). The smallest absolute Gasteiger partial charge is 0.269 e. The van der Waals surface area contributed by atoms with Crippen molar-refractivity contribution in [1.29, 1.82) is 0 Å². The quantitative estimate of drug-likeness (QED) is 0.654. The molecule has 0 aromatic heterocycles. The Kier molecular flexibility index (Phi) is 6.98. The van der Waals surface area contributed by atoms with Crippen LogP contribution in [-0.4, -0.2) is 54.5 Å². The number of carbonyl (C=O) groups excluding carboxylic acids is 3. The molecule has 0 unspecified atom stereocenters. The number of hydrogen-bond acceptors (Lipinski definition) is 5. The summed E-state index contributed by atoms with van der Waals surface area (Å²) in [6.45, 7) is 5.34. The first-order valence-electron chi connectivity index (χ1n) is 10.5. The summed E-state index contributed by atoms with van der Waals surface area (Å²) in [7, 11) is -4.13. The monoisotopic (exact) mass is 457 g/mol. The molecule has 0 radical (unpaired) electrons. The molecule has 1 atom stereocenters. The molecule has 2 aromatic rings. The van der Waals surface area contributed by atoms with Crippen molar-refractivity contribution in [2.45, 2.75) is 44.7 Å². The van der Waals surface area contributed by atoms with Gasteiger partial charge >= 0.3 is 0 Å². The molecule has 0 saturated carbocycles. The van der Waals surface area contributed by atoms with Crippen LogP contribution in [0, 0.1) is 6.92 Å². The van der Waals surface area contributed by atoms with Crippen molar-refractivity contribution in [2.75, 3.05) is 13.1 Å². The van der Waals surface area contributed by atoms with E-state index in [0.717, 1.165) is 17.5 Å². The molecule has 0 bridgehead atoms. The maximum absolute atomic E-state index is 13.3. The Morgan fingerprint density at radius 1 is 1.09 bits per heavy atom. The second-order valence-corrected chi connectivity index (χ2v) is 9.62. The zero-order valence-corrected chi connectivity index (χ0v) is 19.2. The molecule has 170 valence electrons. The van der Waals surface area contributed by atoms with Gasteiger partial charge in [-0.1, -0.05) is 48.9 Å². The lowest BCUT2D eigenvalue weighted by molar-refractivity contribution is -0.140. The zero-order valence-electron chi connectivity index (χ0n) is 18.4. The summed E-state index contributed by atoms with van der Waals surface area (Å²) in [5.41, 5.74) is 1.88. The van der Waals surface area contributed by atoms with E-state index in [1.807, 2.05) is 38.1 Å². The molecule has 1 N–H and O–H groups in total. The largest absolute Gasteiger partial charge is 0.354 e. The van der Waals surface area contributed by atoms with Crippen molar-refractivity contribution >= 4 is 27.7 Å². The van der Waals surface area contributed by atoms with Crippen LogP contribution in [-0.2, 0) is 26.2 Å². The van der Waals surface area contributed by atoms with Crippen molar-refractivity contribution in [3.63, 3.8) is 0 Å². The topological polar surface area (TPSA) is 104 Å². The molecule has 0 fully saturated rings. The van der Waals surface area contributed by atoms with Gasteiger partial charge in [-0.25, -0.2) is 12.7 Å². The van der Waals surface area contributed by atoms with Gasteiger partial charge in [0, 0.05) is 13.1 Å². The molecule has 32 heavy (non-hydrogen) atoms. The van der Waals surface area contributed by atoms with Crippen LogP contribution in [0.4, 0.5) is 0 Å². The predicted molar refractivity (Wildman–Crippen MR) is 119 cm³/mol. The summed E-state index contributed by atoms with van der Waals surface area (Å²) < 4.78 is 26.3. The standard InChI is InChI=1S/C23H27N3O5S/c1-4-13-24-22(28)17(3)25(14-18-11-9-16(2)10-12-18)21(27)15-26-23(29)19-7-5-6-8-20(19)32(26,30)31/h5-12,17H,4,13-15H2,1-3H3,(H,24,28)/t17-/m1/s1. The molecule has 1 aliphatic rings.